The van der Waals surface area contributed by atoms with Crippen LogP contribution in [0.4, 0.5) is 11.5 Å². The van der Waals surface area contributed by atoms with Gasteiger partial charge in [0.1, 0.15) is 23.1 Å². The molecule has 1 aromatic carbocycles. The largest absolute Gasteiger partial charge is 0.372 e. The first-order valence-corrected chi connectivity index (χ1v) is 11.2. The Bertz CT molecular complexity index is 1360. The molecule has 2 atom stereocenters. The Morgan fingerprint density at radius 2 is 1.85 bits per heavy atom. The Labute approximate surface area is 198 Å². The maximum absolute atomic E-state index is 13.6. The van der Waals surface area contributed by atoms with Crippen LogP contribution in [0, 0.1) is 25.2 Å². The molecule has 0 spiro atoms. The van der Waals surface area contributed by atoms with Gasteiger partial charge in [-0.15, -0.1) is 0 Å². The number of rotatable bonds is 4. The molecule has 0 saturated carbocycles. The number of fused-ring (bicyclic) bond motifs is 1. The molecular weight excluding hydrogens is 430 g/mol. The van der Waals surface area contributed by atoms with Crippen LogP contribution >= 0.6 is 0 Å². The molecule has 1 saturated heterocycles. The molecule has 1 aliphatic rings. The number of carbonyl (C=O) groups is 1. The summed E-state index contributed by atoms with van der Waals surface area (Å²) in [7, 11) is 0. The number of aryl methyl sites for hydroxylation is 2. The second-order valence-electron chi connectivity index (χ2n) is 8.69. The van der Waals surface area contributed by atoms with Crippen molar-refractivity contribution in [2.75, 3.05) is 23.3 Å². The van der Waals surface area contributed by atoms with Crippen LogP contribution in [0.5, 0.6) is 0 Å². The third-order valence-electron chi connectivity index (χ3n) is 5.75. The van der Waals surface area contributed by atoms with Gasteiger partial charge in [0.15, 0.2) is 0 Å². The van der Waals surface area contributed by atoms with Crippen molar-refractivity contribution in [1.82, 2.24) is 9.38 Å². The van der Waals surface area contributed by atoms with Crippen molar-refractivity contribution < 1.29 is 9.53 Å². The fraction of sp³-hybridized carbons (Fsp3) is 0.308. The van der Waals surface area contributed by atoms with Crippen LogP contribution < -0.4 is 15.8 Å². The lowest BCUT2D eigenvalue weighted by Gasteiger charge is -2.36. The molecule has 3 heterocycles. The van der Waals surface area contributed by atoms with Crippen molar-refractivity contribution in [2.24, 2.45) is 0 Å². The minimum Gasteiger partial charge on any atom is -0.372 e. The first-order valence-electron chi connectivity index (χ1n) is 11.2. The number of nitriles is 1. The molecule has 0 radical (unpaired) electrons. The number of aromatic nitrogens is 2. The molecule has 174 valence electrons. The maximum atomic E-state index is 13.6. The fourth-order valence-electron chi connectivity index (χ4n) is 4.15. The molecule has 8 nitrogen and oxygen atoms in total. The molecule has 3 aromatic rings. The molecule has 8 heteroatoms. The predicted molar refractivity (Wildman–Crippen MR) is 132 cm³/mol. The van der Waals surface area contributed by atoms with E-state index >= 15 is 0 Å². The summed E-state index contributed by atoms with van der Waals surface area (Å²) in [5.41, 5.74) is 2.68. The van der Waals surface area contributed by atoms with Crippen molar-refractivity contribution >= 4 is 29.1 Å². The smallest absolute Gasteiger partial charge is 0.267 e. The summed E-state index contributed by atoms with van der Waals surface area (Å²) in [5.74, 6) is -0.146. The number of nitrogens with one attached hydrogen (secondary N) is 1. The van der Waals surface area contributed by atoms with Crippen molar-refractivity contribution in [3.05, 3.63) is 75.2 Å². The number of pyridine rings is 1. The normalized spacial score (nSPS) is 18.6. The number of anilines is 2. The number of hydrogen-bond acceptors (Lipinski definition) is 6. The Kier molecular flexibility index (Phi) is 6.48. The van der Waals surface area contributed by atoms with Crippen molar-refractivity contribution in [3.63, 3.8) is 0 Å². The first-order chi connectivity index (χ1) is 16.3. The van der Waals surface area contributed by atoms with Crippen molar-refractivity contribution in [2.45, 2.75) is 39.9 Å². The third-order valence-corrected chi connectivity index (χ3v) is 5.75. The van der Waals surface area contributed by atoms with E-state index in [1.54, 1.807) is 24.4 Å². The van der Waals surface area contributed by atoms with E-state index in [-0.39, 0.29) is 28.9 Å². The molecule has 0 bridgehead atoms. The molecular formula is C26H27N5O3. The van der Waals surface area contributed by atoms with Gasteiger partial charge in [-0.25, -0.2) is 4.98 Å². The minimum atomic E-state index is -0.588. The second-order valence-corrected chi connectivity index (χ2v) is 8.69. The lowest BCUT2D eigenvalue weighted by atomic mass is 10.1. The van der Waals surface area contributed by atoms with Crippen LogP contribution in [0.1, 0.15) is 30.5 Å². The van der Waals surface area contributed by atoms with Gasteiger partial charge in [0, 0.05) is 25.0 Å². The average Bonchev–Trinajstić information content (AvgIpc) is 2.79. The van der Waals surface area contributed by atoms with Gasteiger partial charge in [0.05, 0.1) is 17.8 Å². The Morgan fingerprint density at radius 3 is 2.50 bits per heavy atom. The highest BCUT2D eigenvalue weighted by Gasteiger charge is 2.27. The van der Waals surface area contributed by atoms with Crippen LogP contribution in [0.2, 0.25) is 0 Å². The van der Waals surface area contributed by atoms with Gasteiger partial charge in [0.25, 0.3) is 11.5 Å². The fourth-order valence-corrected chi connectivity index (χ4v) is 4.15. The predicted octanol–water partition coefficient (Wildman–Crippen LogP) is 3.47. The molecule has 1 aliphatic heterocycles. The Morgan fingerprint density at radius 1 is 1.18 bits per heavy atom. The molecule has 0 aliphatic carbocycles. The van der Waals surface area contributed by atoms with Crippen LogP contribution in [0.3, 0.4) is 0 Å². The van der Waals surface area contributed by atoms with E-state index < -0.39 is 5.91 Å². The lowest BCUT2D eigenvalue weighted by molar-refractivity contribution is -0.112. The SMILES string of the molecule is Cc1ccc(NC(=O)/C(C#N)=C/c2c(N3C[C@@H](C)O[C@@H](C)C3)nc3c(C)cccn3c2=O)cc1. The van der Waals surface area contributed by atoms with E-state index in [9.17, 15) is 14.9 Å². The highest BCUT2D eigenvalue weighted by atomic mass is 16.5. The molecule has 34 heavy (non-hydrogen) atoms. The number of amides is 1. The van der Waals surface area contributed by atoms with Crippen LogP contribution in [-0.4, -0.2) is 40.6 Å². The van der Waals surface area contributed by atoms with E-state index in [2.05, 4.69) is 5.32 Å². The zero-order valence-electron chi connectivity index (χ0n) is 19.7. The summed E-state index contributed by atoms with van der Waals surface area (Å²) in [5, 5.41) is 12.5. The summed E-state index contributed by atoms with van der Waals surface area (Å²) >= 11 is 0. The van der Waals surface area contributed by atoms with Gasteiger partial charge in [-0.1, -0.05) is 23.8 Å². The summed E-state index contributed by atoms with van der Waals surface area (Å²) in [4.78, 5) is 33.3. The monoisotopic (exact) mass is 457 g/mol. The van der Waals surface area contributed by atoms with Crippen LogP contribution in [0.25, 0.3) is 11.7 Å². The minimum absolute atomic E-state index is 0.0574. The van der Waals surface area contributed by atoms with Gasteiger partial charge in [-0.3, -0.25) is 14.0 Å². The number of carbonyl (C=O) groups excluding carboxylic acids is 1. The zero-order valence-corrected chi connectivity index (χ0v) is 19.7. The van der Waals surface area contributed by atoms with Gasteiger partial charge < -0.3 is 15.0 Å². The van der Waals surface area contributed by atoms with E-state index in [0.717, 1.165) is 11.1 Å². The summed E-state index contributed by atoms with van der Waals surface area (Å²) in [6, 6.07) is 12.9. The third kappa shape index (κ3) is 4.70. The number of ether oxygens (including phenoxy) is 1. The summed E-state index contributed by atoms with van der Waals surface area (Å²) < 4.78 is 7.30. The molecule has 1 N–H and O–H groups in total. The molecule has 2 aromatic heterocycles. The highest BCUT2D eigenvalue weighted by molar-refractivity contribution is 6.10. The van der Waals surface area contributed by atoms with Crippen molar-refractivity contribution in [1.29, 1.82) is 5.26 Å². The summed E-state index contributed by atoms with van der Waals surface area (Å²) in [6.45, 7) is 8.85. The molecule has 1 fully saturated rings. The second kappa shape index (κ2) is 9.49. The summed E-state index contributed by atoms with van der Waals surface area (Å²) in [6.07, 6.45) is 2.87. The quantitative estimate of drug-likeness (QED) is 0.476. The van der Waals surface area contributed by atoms with E-state index in [1.807, 2.05) is 56.9 Å². The van der Waals surface area contributed by atoms with Gasteiger partial charge in [-0.2, -0.15) is 5.26 Å². The van der Waals surface area contributed by atoms with Crippen LogP contribution in [0.15, 0.2) is 53.0 Å². The van der Waals surface area contributed by atoms with E-state index in [0.29, 0.717) is 30.2 Å². The maximum Gasteiger partial charge on any atom is 0.267 e. The first kappa shape index (κ1) is 23.2. The Balaban J connectivity index is 1.83. The standard InChI is InChI=1S/C26H27N5O3/c1-16-7-9-21(10-8-16)28-25(32)20(13-27)12-22-24(30-14-18(3)34-19(4)15-30)29-23-17(2)6-5-11-31(23)26(22)33/h5-12,18-19H,14-15H2,1-4H3,(H,28,32)/b20-12+/t18-,19+. The van der Waals surface area contributed by atoms with Crippen molar-refractivity contribution in [3.8, 4) is 6.07 Å². The highest BCUT2D eigenvalue weighted by Crippen LogP contribution is 2.24. The number of nitrogens with zero attached hydrogens (tertiary/aromatic N) is 4. The number of hydrogen-bond donors (Lipinski definition) is 1. The van der Waals surface area contributed by atoms with Crippen LogP contribution in [-0.2, 0) is 9.53 Å². The Hall–Kier alpha value is -3.96. The molecule has 1 amide bonds. The topological polar surface area (TPSA) is 99.7 Å². The average molecular weight is 458 g/mol. The van der Waals surface area contributed by atoms with Gasteiger partial charge in [-0.05, 0) is 57.5 Å². The lowest BCUT2D eigenvalue weighted by Crippen LogP contribution is -2.46. The number of benzene rings is 1. The van der Waals surface area contributed by atoms with E-state index in [1.165, 1.54) is 10.5 Å². The molecule has 4 rings (SSSR count). The van der Waals surface area contributed by atoms with E-state index in [4.69, 9.17) is 9.72 Å². The van der Waals surface area contributed by atoms with Gasteiger partial charge >= 0.3 is 0 Å². The van der Waals surface area contributed by atoms with Gasteiger partial charge in [0.2, 0.25) is 0 Å². The zero-order chi connectivity index (χ0) is 24.4. The number of morpholine rings is 1. The molecule has 0 unspecified atom stereocenters.